The number of benzene rings is 1. The van der Waals surface area contributed by atoms with Crippen LogP contribution in [0.2, 0.25) is 0 Å². The number of carbonyl (C=O) groups is 2. The summed E-state index contributed by atoms with van der Waals surface area (Å²) in [6.07, 6.45) is 1.57. The summed E-state index contributed by atoms with van der Waals surface area (Å²) in [4.78, 5) is 27.9. The molecule has 1 aromatic heterocycles. The zero-order valence-electron chi connectivity index (χ0n) is 13.0. The molecular formula is C17H18N2O4. The molecule has 1 aromatic carbocycles. The van der Waals surface area contributed by atoms with Crippen molar-refractivity contribution in [2.75, 3.05) is 14.2 Å². The van der Waals surface area contributed by atoms with Crippen molar-refractivity contribution in [3.63, 3.8) is 0 Å². The lowest BCUT2D eigenvalue weighted by molar-refractivity contribution is -0.141. The van der Waals surface area contributed by atoms with Crippen molar-refractivity contribution in [1.82, 2.24) is 10.3 Å². The van der Waals surface area contributed by atoms with Gasteiger partial charge in [-0.2, -0.15) is 0 Å². The van der Waals surface area contributed by atoms with Crippen LogP contribution in [0.1, 0.15) is 28.5 Å². The number of ether oxygens (including phenoxy) is 2. The van der Waals surface area contributed by atoms with Gasteiger partial charge in [0, 0.05) is 6.20 Å². The Labute approximate surface area is 134 Å². The number of hydrogen-bond donors (Lipinski definition) is 1. The number of carbonyl (C=O) groups excluding carboxylic acids is 2. The fourth-order valence-corrected chi connectivity index (χ4v) is 2.07. The van der Waals surface area contributed by atoms with Gasteiger partial charge in [-0.15, -0.1) is 0 Å². The summed E-state index contributed by atoms with van der Waals surface area (Å²) in [5, 5.41) is 2.81. The molecule has 1 heterocycles. The second-order valence-electron chi connectivity index (χ2n) is 4.79. The van der Waals surface area contributed by atoms with Crippen LogP contribution in [-0.2, 0) is 9.53 Å². The minimum atomic E-state index is -0.511. The first-order valence-corrected chi connectivity index (χ1v) is 7.06. The Morgan fingerprint density at radius 1 is 1.13 bits per heavy atom. The van der Waals surface area contributed by atoms with E-state index in [-0.39, 0.29) is 18.0 Å². The molecule has 2 rings (SSSR count). The van der Waals surface area contributed by atoms with Crippen LogP contribution in [-0.4, -0.2) is 31.1 Å². The second-order valence-corrected chi connectivity index (χ2v) is 4.79. The Hall–Kier alpha value is -2.89. The van der Waals surface area contributed by atoms with E-state index in [1.807, 2.05) is 0 Å². The van der Waals surface area contributed by atoms with Crippen LogP contribution < -0.4 is 10.1 Å². The van der Waals surface area contributed by atoms with Gasteiger partial charge in [-0.25, -0.2) is 0 Å². The Morgan fingerprint density at radius 2 is 1.87 bits per heavy atom. The summed E-state index contributed by atoms with van der Waals surface area (Å²) in [6.45, 7) is 0. The standard InChI is InChI=1S/C17H18N2O4/c1-22-13-8-6-12(7-9-13)15(11-16(20)23-2)19-17(21)14-5-3-4-10-18-14/h3-10,15H,11H2,1-2H3,(H,19,21)/t15-/m0/s1. The van der Waals surface area contributed by atoms with Gasteiger partial charge in [0.1, 0.15) is 11.4 Å². The highest BCUT2D eigenvalue weighted by atomic mass is 16.5. The largest absolute Gasteiger partial charge is 0.497 e. The first kappa shape index (κ1) is 16.5. The molecular weight excluding hydrogens is 296 g/mol. The third-order valence-electron chi connectivity index (χ3n) is 3.32. The van der Waals surface area contributed by atoms with Crippen molar-refractivity contribution in [3.05, 3.63) is 59.9 Å². The molecule has 0 aliphatic rings. The lowest BCUT2D eigenvalue weighted by Gasteiger charge is -2.18. The number of esters is 1. The van der Waals surface area contributed by atoms with E-state index in [1.54, 1.807) is 49.6 Å². The van der Waals surface area contributed by atoms with Gasteiger partial charge in [0.05, 0.1) is 26.7 Å². The van der Waals surface area contributed by atoms with Gasteiger partial charge in [-0.1, -0.05) is 18.2 Å². The Kier molecular flexibility index (Phi) is 5.68. The highest BCUT2D eigenvalue weighted by Crippen LogP contribution is 2.21. The number of pyridine rings is 1. The van der Waals surface area contributed by atoms with E-state index in [9.17, 15) is 9.59 Å². The van der Waals surface area contributed by atoms with E-state index in [2.05, 4.69) is 10.3 Å². The molecule has 0 bridgehead atoms. The Balaban J connectivity index is 2.19. The molecule has 0 aliphatic carbocycles. The zero-order chi connectivity index (χ0) is 16.7. The molecule has 1 N–H and O–H groups in total. The molecule has 0 unspecified atom stereocenters. The minimum absolute atomic E-state index is 0.0292. The maximum absolute atomic E-state index is 12.3. The fourth-order valence-electron chi connectivity index (χ4n) is 2.07. The van der Waals surface area contributed by atoms with Crippen molar-refractivity contribution in [2.24, 2.45) is 0 Å². The van der Waals surface area contributed by atoms with Crippen LogP contribution in [0.3, 0.4) is 0 Å². The Bertz CT molecular complexity index is 656. The van der Waals surface area contributed by atoms with Gasteiger partial charge >= 0.3 is 5.97 Å². The van der Waals surface area contributed by atoms with Gasteiger partial charge in [-0.3, -0.25) is 14.6 Å². The molecule has 120 valence electrons. The monoisotopic (exact) mass is 314 g/mol. The number of nitrogens with one attached hydrogen (secondary N) is 1. The van der Waals surface area contributed by atoms with Crippen LogP contribution in [0.5, 0.6) is 5.75 Å². The predicted octanol–water partition coefficient (Wildman–Crippen LogP) is 2.12. The predicted molar refractivity (Wildman–Crippen MR) is 84.1 cm³/mol. The molecule has 0 saturated heterocycles. The lowest BCUT2D eigenvalue weighted by Crippen LogP contribution is -2.31. The van der Waals surface area contributed by atoms with Crippen LogP contribution in [0.25, 0.3) is 0 Å². The molecule has 0 aliphatic heterocycles. The number of hydrogen-bond acceptors (Lipinski definition) is 5. The van der Waals surface area contributed by atoms with Crippen molar-refractivity contribution < 1.29 is 19.1 Å². The molecule has 1 amide bonds. The molecule has 1 atom stereocenters. The van der Waals surface area contributed by atoms with Crippen LogP contribution >= 0.6 is 0 Å². The molecule has 0 saturated carbocycles. The molecule has 0 fully saturated rings. The maximum Gasteiger partial charge on any atom is 0.307 e. The fraction of sp³-hybridized carbons (Fsp3) is 0.235. The first-order chi connectivity index (χ1) is 11.1. The number of aromatic nitrogens is 1. The molecule has 0 radical (unpaired) electrons. The van der Waals surface area contributed by atoms with Crippen LogP contribution in [0.4, 0.5) is 0 Å². The van der Waals surface area contributed by atoms with E-state index in [4.69, 9.17) is 9.47 Å². The first-order valence-electron chi connectivity index (χ1n) is 7.06. The lowest BCUT2D eigenvalue weighted by atomic mass is 10.0. The highest BCUT2D eigenvalue weighted by molar-refractivity contribution is 5.92. The topological polar surface area (TPSA) is 77.5 Å². The number of nitrogens with zero attached hydrogens (tertiary/aromatic N) is 1. The third kappa shape index (κ3) is 4.54. The number of methoxy groups -OCH3 is 2. The van der Waals surface area contributed by atoms with Crippen molar-refractivity contribution in [1.29, 1.82) is 0 Å². The maximum atomic E-state index is 12.3. The zero-order valence-corrected chi connectivity index (χ0v) is 13.0. The van der Waals surface area contributed by atoms with Crippen molar-refractivity contribution >= 4 is 11.9 Å². The summed E-state index contributed by atoms with van der Waals surface area (Å²) >= 11 is 0. The van der Waals surface area contributed by atoms with Gasteiger partial charge in [0.25, 0.3) is 5.91 Å². The van der Waals surface area contributed by atoms with Crippen LogP contribution in [0.15, 0.2) is 48.7 Å². The average molecular weight is 314 g/mol. The average Bonchev–Trinajstić information content (AvgIpc) is 2.61. The number of rotatable bonds is 6. The van der Waals surface area contributed by atoms with Crippen molar-refractivity contribution in [3.8, 4) is 5.75 Å². The summed E-state index contributed by atoms with van der Waals surface area (Å²) < 4.78 is 9.82. The van der Waals surface area contributed by atoms with Crippen molar-refractivity contribution in [2.45, 2.75) is 12.5 Å². The summed E-state index contributed by atoms with van der Waals surface area (Å²) in [5.41, 5.74) is 1.07. The summed E-state index contributed by atoms with van der Waals surface area (Å²) in [7, 11) is 2.89. The Morgan fingerprint density at radius 3 is 2.43 bits per heavy atom. The van der Waals surface area contributed by atoms with E-state index < -0.39 is 12.0 Å². The quantitative estimate of drug-likeness (QED) is 0.826. The van der Waals surface area contributed by atoms with E-state index in [0.717, 1.165) is 5.56 Å². The third-order valence-corrected chi connectivity index (χ3v) is 3.32. The molecule has 0 spiro atoms. The SMILES string of the molecule is COC(=O)C[C@H](NC(=O)c1ccccn1)c1ccc(OC)cc1. The smallest absolute Gasteiger partial charge is 0.307 e. The second kappa shape index (κ2) is 7.93. The summed E-state index contributed by atoms with van der Waals surface area (Å²) in [6, 6.07) is 11.7. The van der Waals surface area contributed by atoms with E-state index in [1.165, 1.54) is 13.3 Å². The van der Waals surface area contributed by atoms with Gasteiger partial charge in [-0.05, 0) is 29.8 Å². The van der Waals surface area contributed by atoms with Gasteiger partial charge in [0.15, 0.2) is 0 Å². The van der Waals surface area contributed by atoms with E-state index >= 15 is 0 Å². The van der Waals surface area contributed by atoms with Crippen LogP contribution in [0, 0.1) is 0 Å². The summed E-state index contributed by atoms with van der Waals surface area (Å²) in [5.74, 6) is -0.0657. The van der Waals surface area contributed by atoms with Gasteiger partial charge < -0.3 is 14.8 Å². The number of amides is 1. The molecule has 6 heteroatoms. The normalized spacial score (nSPS) is 11.4. The van der Waals surface area contributed by atoms with E-state index in [0.29, 0.717) is 5.75 Å². The van der Waals surface area contributed by atoms with Gasteiger partial charge in [0.2, 0.25) is 0 Å². The molecule has 6 nitrogen and oxygen atoms in total. The molecule has 23 heavy (non-hydrogen) atoms. The molecule has 2 aromatic rings. The highest BCUT2D eigenvalue weighted by Gasteiger charge is 2.20. The minimum Gasteiger partial charge on any atom is -0.497 e.